The van der Waals surface area contributed by atoms with Crippen LogP contribution in [-0.2, 0) is 6.54 Å². The third-order valence-electron chi connectivity index (χ3n) is 2.49. The van der Waals surface area contributed by atoms with Gasteiger partial charge in [0.05, 0.1) is 0 Å². The molecule has 0 radical (unpaired) electrons. The number of nitrogens with zero attached hydrogens (tertiary/aromatic N) is 2. The van der Waals surface area contributed by atoms with Crippen molar-refractivity contribution in [1.29, 1.82) is 0 Å². The smallest absolute Gasteiger partial charge is 0.178 e. The molecule has 0 fully saturated rings. The van der Waals surface area contributed by atoms with Gasteiger partial charge in [-0.25, -0.2) is 0 Å². The van der Waals surface area contributed by atoms with Crippen LogP contribution in [-0.4, -0.2) is 16.2 Å². The van der Waals surface area contributed by atoms with E-state index in [4.69, 9.17) is 0 Å². The summed E-state index contributed by atoms with van der Waals surface area (Å²) in [6, 6.07) is 7.09. The van der Waals surface area contributed by atoms with E-state index in [0.29, 0.717) is 6.04 Å². The van der Waals surface area contributed by atoms with Gasteiger partial charge in [-0.15, -0.1) is 10.2 Å². The summed E-state index contributed by atoms with van der Waals surface area (Å²) in [6.45, 7) is 7.38. The molecular formula is C13H17N3S2. The molecule has 0 bridgehead atoms. The Morgan fingerprint density at radius 3 is 2.83 bits per heavy atom. The fourth-order valence-electron chi connectivity index (χ4n) is 1.56. The maximum absolute atomic E-state index is 4.05. The lowest BCUT2D eigenvalue weighted by atomic mass is 10.1. The number of hydrogen-bond donors (Lipinski definition) is 1. The second kappa shape index (κ2) is 6.31. The second-order valence-electron chi connectivity index (χ2n) is 4.44. The summed E-state index contributed by atoms with van der Waals surface area (Å²) in [5.74, 6) is 0. The summed E-state index contributed by atoms with van der Waals surface area (Å²) in [6.07, 6.45) is 0. The van der Waals surface area contributed by atoms with Crippen LogP contribution in [0.3, 0.4) is 0 Å². The number of rotatable bonds is 5. The summed E-state index contributed by atoms with van der Waals surface area (Å²) >= 11 is 3.25. The van der Waals surface area contributed by atoms with Crippen LogP contribution in [0, 0.1) is 6.92 Å². The topological polar surface area (TPSA) is 37.8 Å². The van der Waals surface area contributed by atoms with Crippen LogP contribution in [0.5, 0.6) is 0 Å². The van der Waals surface area contributed by atoms with Crippen molar-refractivity contribution >= 4 is 23.1 Å². The van der Waals surface area contributed by atoms with Crippen LogP contribution in [0.1, 0.15) is 25.0 Å². The summed E-state index contributed by atoms with van der Waals surface area (Å²) in [5, 5.41) is 11.3. The molecule has 0 saturated carbocycles. The minimum absolute atomic E-state index is 0.515. The molecule has 2 rings (SSSR count). The van der Waals surface area contributed by atoms with Crippen LogP contribution in [0.2, 0.25) is 0 Å². The minimum Gasteiger partial charge on any atom is -0.310 e. The summed E-state index contributed by atoms with van der Waals surface area (Å²) in [7, 11) is 0. The van der Waals surface area contributed by atoms with E-state index in [9.17, 15) is 0 Å². The van der Waals surface area contributed by atoms with E-state index in [1.165, 1.54) is 16.0 Å². The molecule has 0 aliphatic heterocycles. The van der Waals surface area contributed by atoms with Crippen LogP contribution in [0.4, 0.5) is 0 Å². The summed E-state index contributed by atoms with van der Waals surface area (Å²) in [5.41, 5.74) is 4.37. The molecule has 0 atom stereocenters. The Balaban J connectivity index is 2.05. The molecule has 96 valence electrons. The molecule has 0 saturated heterocycles. The van der Waals surface area contributed by atoms with Crippen LogP contribution in [0.25, 0.3) is 0 Å². The quantitative estimate of drug-likeness (QED) is 0.909. The van der Waals surface area contributed by atoms with Gasteiger partial charge in [0.2, 0.25) is 0 Å². The number of nitrogens with one attached hydrogen (secondary N) is 1. The lowest BCUT2D eigenvalue weighted by Gasteiger charge is -2.10. The van der Waals surface area contributed by atoms with E-state index in [1.54, 1.807) is 28.6 Å². The van der Waals surface area contributed by atoms with Gasteiger partial charge >= 0.3 is 0 Å². The molecule has 0 amide bonds. The highest BCUT2D eigenvalue weighted by molar-refractivity contribution is 8.01. The SMILES string of the molecule is Cc1cc(CNC(C)C)ccc1Sc1nncs1. The number of aryl methyl sites for hydroxylation is 1. The highest BCUT2D eigenvalue weighted by atomic mass is 32.2. The lowest BCUT2D eigenvalue weighted by molar-refractivity contribution is 0.588. The predicted octanol–water partition coefficient (Wildman–Crippen LogP) is 3.50. The first-order chi connectivity index (χ1) is 8.65. The predicted molar refractivity (Wildman–Crippen MR) is 77.2 cm³/mol. The van der Waals surface area contributed by atoms with Crippen molar-refractivity contribution in [2.75, 3.05) is 0 Å². The largest absolute Gasteiger partial charge is 0.310 e. The Morgan fingerprint density at radius 1 is 1.39 bits per heavy atom. The minimum atomic E-state index is 0.515. The second-order valence-corrected chi connectivity index (χ2v) is 6.56. The van der Waals surface area contributed by atoms with Crippen molar-refractivity contribution in [2.24, 2.45) is 0 Å². The van der Waals surface area contributed by atoms with Crippen molar-refractivity contribution in [3.8, 4) is 0 Å². The van der Waals surface area contributed by atoms with Crippen LogP contribution >= 0.6 is 23.1 Å². The highest BCUT2D eigenvalue weighted by Gasteiger charge is 2.05. The third-order valence-corrected chi connectivity index (χ3v) is 4.45. The Labute approximate surface area is 116 Å². The first-order valence-electron chi connectivity index (χ1n) is 5.92. The van der Waals surface area contributed by atoms with Crippen molar-refractivity contribution in [1.82, 2.24) is 15.5 Å². The standard InChI is InChI=1S/C13H17N3S2/c1-9(2)14-7-11-4-5-12(10(3)6-11)18-13-16-15-8-17-13/h4-6,8-9,14H,7H2,1-3H3. The van der Waals surface area contributed by atoms with E-state index in [2.05, 4.69) is 54.5 Å². The zero-order chi connectivity index (χ0) is 13.0. The summed E-state index contributed by atoms with van der Waals surface area (Å²) in [4.78, 5) is 1.25. The molecule has 1 N–H and O–H groups in total. The van der Waals surface area contributed by atoms with Gasteiger partial charge in [-0.3, -0.25) is 0 Å². The van der Waals surface area contributed by atoms with Crippen molar-refractivity contribution in [2.45, 2.75) is 42.6 Å². The molecule has 18 heavy (non-hydrogen) atoms. The average Bonchev–Trinajstić information content (AvgIpc) is 2.82. The maximum Gasteiger partial charge on any atom is 0.178 e. The molecule has 1 heterocycles. The van der Waals surface area contributed by atoms with Gasteiger partial charge in [0.1, 0.15) is 5.51 Å². The molecule has 1 aromatic heterocycles. The zero-order valence-electron chi connectivity index (χ0n) is 10.8. The van der Waals surface area contributed by atoms with Gasteiger partial charge < -0.3 is 5.32 Å². The Hall–Kier alpha value is -0.910. The fourth-order valence-corrected chi connectivity index (χ4v) is 3.06. The molecule has 0 aliphatic rings. The Morgan fingerprint density at radius 2 is 2.22 bits per heavy atom. The van der Waals surface area contributed by atoms with Gasteiger partial charge in [-0.05, 0) is 24.1 Å². The van der Waals surface area contributed by atoms with E-state index < -0.39 is 0 Å². The molecule has 3 nitrogen and oxygen atoms in total. The molecule has 0 spiro atoms. The van der Waals surface area contributed by atoms with Gasteiger partial charge in [0.15, 0.2) is 4.34 Å². The maximum atomic E-state index is 4.05. The monoisotopic (exact) mass is 279 g/mol. The molecule has 2 aromatic rings. The number of hydrogen-bond acceptors (Lipinski definition) is 5. The Kier molecular flexibility index (Phi) is 4.74. The fraction of sp³-hybridized carbons (Fsp3) is 0.385. The molecule has 0 unspecified atom stereocenters. The average molecular weight is 279 g/mol. The number of benzene rings is 1. The molecule has 0 aliphatic carbocycles. The van der Waals surface area contributed by atoms with Gasteiger partial charge in [0.25, 0.3) is 0 Å². The zero-order valence-corrected chi connectivity index (χ0v) is 12.4. The van der Waals surface area contributed by atoms with Gasteiger partial charge in [-0.2, -0.15) is 0 Å². The van der Waals surface area contributed by atoms with Gasteiger partial charge in [-0.1, -0.05) is 49.1 Å². The lowest BCUT2D eigenvalue weighted by Crippen LogP contribution is -2.21. The first-order valence-corrected chi connectivity index (χ1v) is 7.61. The van der Waals surface area contributed by atoms with E-state index >= 15 is 0 Å². The Bertz CT molecular complexity index is 495. The van der Waals surface area contributed by atoms with Crippen molar-refractivity contribution < 1.29 is 0 Å². The molecule has 5 heteroatoms. The van der Waals surface area contributed by atoms with Gasteiger partial charge in [0, 0.05) is 17.5 Å². The number of aromatic nitrogens is 2. The molecule has 1 aromatic carbocycles. The third kappa shape index (κ3) is 3.80. The van der Waals surface area contributed by atoms with E-state index in [-0.39, 0.29) is 0 Å². The van der Waals surface area contributed by atoms with E-state index in [1.807, 2.05) is 0 Å². The summed E-state index contributed by atoms with van der Waals surface area (Å²) < 4.78 is 0.992. The van der Waals surface area contributed by atoms with Crippen LogP contribution in [0.15, 0.2) is 32.9 Å². The highest BCUT2D eigenvalue weighted by Crippen LogP contribution is 2.31. The van der Waals surface area contributed by atoms with Crippen LogP contribution < -0.4 is 5.32 Å². The first kappa shape index (κ1) is 13.5. The molecular weight excluding hydrogens is 262 g/mol. The van der Waals surface area contributed by atoms with Crippen molar-refractivity contribution in [3.63, 3.8) is 0 Å². The van der Waals surface area contributed by atoms with Crippen molar-refractivity contribution in [3.05, 3.63) is 34.8 Å². The normalized spacial score (nSPS) is 11.1. The van der Waals surface area contributed by atoms with E-state index in [0.717, 1.165) is 10.9 Å².